The van der Waals surface area contributed by atoms with Crippen LogP contribution in [0.3, 0.4) is 0 Å². The van der Waals surface area contributed by atoms with Gasteiger partial charge in [-0.15, -0.1) is 0 Å². The van der Waals surface area contributed by atoms with Crippen molar-refractivity contribution in [1.29, 1.82) is 0 Å². The van der Waals surface area contributed by atoms with Gasteiger partial charge >= 0.3 is 0 Å². The van der Waals surface area contributed by atoms with Crippen molar-refractivity contribution in [2.75, 3.05) is 0 Å². The molecule has 0 saturated carbocycles. The van der Waals surface area contributed by atoms with E-state index in [1.54, 1.807) is 29.4 Å². The maximum atomic E-state index is 12.9. The Labute approximate surface area is 155 Å². The van der Waals surface area contributed by atoms with Gasteiger partial charge in [-0.1, -0.05) is 24.3 Å². The van der Waals surface area contributed by atoms with Gasteiger partial charge in [-0.05, 0) is 41.3 Å². The number of hydrogen-bond acceptors (Lipinski definition) is 4. The maximum Gasteiger partial charge on any atom is 0.290 e. The highest BCUT2D eigenvalue weighted by Crippen LogP contribution is 2.15. The summed E-state index contributed by atoms with van der Waals surface area (Å²) in [7, 11) is 0. The van der Waals surface area contributed by atoms with Crippen molar-refractivity contribution in [2.45, 2.75) is 13.1 Å². The molecule has 0 spiro atoms. The van der Waals surface area contributed by atoms with Gasteiger partial charge in [0.25, 0.3) is 11.5 Å². The van der Waals surface area contributed by atoms with Gasteiger partial charge in [0.15, 0.2) is 5.76 Å². The lowest BCUT2D eigenvalue weighted by Crippen LogP contribution is -2.32. The largest absolute Gasteiger partial charge is 0.459 e. The number of benzene rings is 1. The molecule has 1 N–H and O–H groups in total. The number of amides is 1. The van der Waals surface area contributed by atoms with Crippen molar-refractivity contribution < 1.29 is 9.21 Å². The lowest BCUT2D eigenvalue weighted by atomic mass is 10.1. The highest BCUT2D eigenvalue weighted by molar-refractivity contribution is 5.91. The number of rotatable bonds is 5. The van der Waals surface area contributed by atoms with E-state index in [1.807, 2.05) is 42.5 Å². The van der Waals surface area contributed by atoms with E-state index >= 15 is 0 Å². The molecule has 3 aromatic heterocycles. The van der Waals surface area contributed by atoms with Gasteiger partial charge in [-0.25, -0.2) is 0 Å². The Balaban J connectivity index is 1.69. The number of fused-ring (bicyclic) bond motifs is 1. The summed E-state index contributed by atoms with van der Waals surface area (Å²) in [5.74, 6) is -0.0486. The number of carbonyl (C=O) groups excluding carboxylic acids is 1. The molecule has 0 aliphatic heterocycles. The van der Waals surface area contributed by atoms with Crippen LogP contribution in [0.2, 0.25) is 0 Å². The van der Waals surface area contributed by atoms with Crippen molar-refractivity contribution in [3.63, 3.8) is 0 Å². The van der Waals surface area contributed by atoms with E-state index in [0.29, 0.717) is 12.1 Å². The van der Waals surface area contributed by atoms with Crippen molar-refractivity contribution >= 4 is 16.8 Å². The zero-order valence-corrected chi connectivity index (χ0v) is 14.5. The van der Waals surface area contributed by atoms with Crippen LogP contribution >= 0.6 is 0 Å². The van der Waals surface area contributed by atoms with Gasteiger partial charge in [0.1, 0.15) is 0 Å². The summed E-state index contributed by atoms with van der Waals surface area (Å²) < 4.78 is 5.26. The van der Waals surface area contributed by atoms with Crippen molar-refractivity contribution in [2.24, 2.45) is 0 Å². The number of H-pyrrole nitrogens is 1. The third kappa shape index (κ3) is 3.64. The normalized spacial score (nSPS) is 10.8. The first-order valence-electron chi connectivity index (χ1n) is 8.53. The van der Waals surface area contributed by atoms with Gasteiger partial charge in [0.05, 0.1) is 12.8 Å². The topological polar surface area (TPSA) is 79.2 Å². The number of hydrogen-bond donors (Lipinski definition) is 1. The van der Waals surface area contributed by atoms with E-state index in [9.17, 15) is 9.59 Å². The smallest absolute Gasteiger partial charge is 0.290 e. The Morgan fingerprint density at radius 1 is 1.07 bits per heavy atom. The molecule has 6 nitrogen and oxygen atoms in total. The molecule has 0 aliphatic rings. The van der Waals surface area contributed by atoms with Crippen LogP contribution in [-0.4, -0.2) is 20.8 Å². The van der Waals surface area contributed by atoms with Gasteiger partial charge < -0.3 is 14.3 Å². The minimum absolute atomic E-state index is 0.161. The fourth-order valence-electron chi connectivity index (χ4n) is 2.98. The summed E-state index contributed by atoms with van der Waals surface area (Å²) in [6, 6.07) is 16.4. The molecule has 6 heteroatoms. The molecule has 0 atom stereocenters. The van der Waals surface area contributed by atoms with E-state index in [-0.39, 0.29) is 23.8 Å². The number of carbonyl (C=O) groups is 1. The summed E-state index contributed by atoms with van der Waals surface area (Å²) in [5, 5.41) is 0.916. The third-order valence-corrected chi connectivity index (χ3v) is 4.31. The number of furan rings is 1. The molecule has 0 unspecified atom stereocenters. The van der Waals surface area contributed by atoms with Crippen molar-refractivity contribution in [3.8, 4) is 0 Å². The second-order valence-electron chi connectivity index (χ2n) is 6.21. The zero-order valence-electron chi connectivity index (χ0n) is 14.5. The first-order valence-corrected chi connectivity index (χ1v) is 8.53. The predicted molar refractivity (Wildman–Crippen MR) is 101 cm³/mol. The first-order chi connectivity index (χ1) is 13.2. The summed E-state index contributed by atoms with van der Waals surface area (Å²) in [4.78, 5) is 33.9. The minimum Gasteiger partial charge on any atom is -0.459 e. The van der Waals surface area contributed by atoms with Gasteiger partial charge in [-0.3, -0.25) is 14.6 Å². The van der Waals surface area contributed by atoms with Crippen LogP contribution in [0, 0.1) is 0 Å². The summed E-state index contributed by atoms with van der Waals surface area (Å²) in [6.07, 6.45) is 4.83. The van der Waals surface area contributed by atoms with Crippen LogP contribution in [0.5, 0.6) is 0 Å². The first kappa shape index (κ1) is 16.8. The Morgan fingerprint density at radius 2 is 1.96 bits per heavy atom. The maximum absolute atomic E-state index is 12.9. The summed E-state index contributed by atoms with van der Waals surface area (Å²) in [5.41, 5.74) is 1.94. The number of aromatic nitrogens is 2. The van der Waals surface area contributed by atoms with Gasteiger partial charge in [-0.2, -0.15) is 0 Å². The molecule has 4 rings (SSSR count). The average molecular weight is 359 g/mol. The molecule has 0 bridgehead atoms. The summed E-state index contributed by atoms with van der Waals surface area (Å²) in [6.45, 7) is 0.480. The molecular weight excluding hydrogens is 342 g/mol. The highest BCUT2D eigenvalue weighted by atomic mass is 16.3. The summed E-state index contributed by atoms with van der Waals surface area (Å²) >= 11 is 0. The number of aromatic amines is 1. The van der Waals surface area contributed by atoms with Crippen LogP contribution in [0.4, 0.5) is 0 Å². The van der Waals surface area contributed by atoms with Crippen LogP contribution in [-0.2, 0) is 13.1 Å². The monoisotopic (exact) mass is 359 g/mol. The lowest BCUT2D eigenvalue weighted by Gasteiger charge is -2.21. The number of para-hydroxylation sites is 1. The van der Waals surface area contributed by atoms with E-state index < -0.39 is 0 Å². The number of nitrogens with zero attached hydrogens (tertiary/aromatic N) is 2. The highest BCUT2D eigenvalue weighted by Gasteiger charge is 2.20. The van der Waals surface area contributed by atoms with Crippen LogP contribution in [0.15, 0.2) is 82.5 Å². The Bertz CT molecular complexity index is 1120. The molecule has 3 heterocycles. The molecule has 0 aliphatic carbocycles. The quantitative estimate of drug-likeness (QED) is 0.593. The SMILES string of the molecule is O=C(c1ccco1)N(Cc1cccnc1)Cc1cc2ccccc2[nH]c1=O. The van der Waals surface area contributed by atoms with Gasteiger partial charge in [0, 0.05) is 30.0 Å². The second kappa shape index (κ2) is 7.29. The van der Waals surface area contributed by atoms with Gasteiger partial charge in [0.2, 0.25) is 0 Å². The molecule has 4 aromatic rings. The van der Waals surface area contributed by atoms with E-state index in [1.165, 1.54) is 6.26 Å². The Hall–Kier alpha value is -3.67. The van der Waals surface area contributed by atoms with E-state index in [0.717, 1.165) is 16.5 Å². The van der Waals surface area contributed by atoms with E-state index in [2.05, 4.69) is 9.97 Å². The molecule has 27 heavy (non-hydrogen) atoms. The second-order valence-corrected chi connectivity index (χ2v) is 6.21. The molecule has 134 valence electrons. The fourth-order valence-corrected chi connectivity index (χ4v) is 2.98. The molecule has 0 radical (unpaired) electrons. The molecular formula is C21H17N3O3. The van der Waals surface area contributed by atoms with Crippen molar-refractivity contribution in [3.05, 3.63) is 100 Å². The van der Waals surface area contributed by atoms with Crippen LogP contribution in [0.25, 0.3) is 10.9 Å². The van der Waals surface area contributed by atoms with Crippen molar-refractivity contribution in [1.82, 2.24) is 14.9 Å². The molecule has 1 amide bonds. The minimum atomic E-state index is -0.281. The molecule has 0 saturated heterocycles. The van der Waals surface area contributed by atoms with E-state index in [4.69, 9.17) is 4.42 Å². The fraction of sp³-hybridized carbons (Fsp3) is 0.0952. The number of nitrogens with one attached hydrogen (secondary N) is 1. The Morgan fingerprint density at radius 3 is 2.74 bits per heavy atom. The average Bonchev–Trinajstić information content (AvgIpc) is 3.23. The third-order valence-electron chi connectivity index (χ3n) is 4.31. The Kier molecular flexibility index (Phi) is 4.53. The standard InChI is InChI=1S/C21H17N3O3/c25-20-17(11-16-6-1-2-7-18(16)23-20)14-24(13-15-5-3-9-22-12-15)21(26)19-8-4-10-27-19/h1-12H,13-14H2,(H,23,25). The number of pyridine rings is 2. The molecule has 1 aromatic carbocycles. The molecule has 0 fully saturated rings. The van der Waals surface area contributed by atoms with Crippen LogP contribution in [0.1, 0.15) is 21.7 Å². The lowest BCUT2D eigenvalue weighted by molar-refractivity contribution is 0.0697. The predicted octanol–water partition coefficient (Wildman–Crippen LogP) is 3.36. The van der Waals surface area contributed by atoms with Crippen LogP contribution < -0.4 is 5.56 Å². The zero-order chi connectivity index (χ0) is 18.6.